The average molecular weight is 355 g/mol. The Kier molecular flexibility index (Phi) is 5.78. The molecule has 0 aromatic heterocycles. The zero-order valence-electron chi connectivity index (χ0n) is 14.9. The maximum atomic E-state index is 13.2. The number of azide groups is 1. The van der Waals surface area contributed by atoms with Crippen LogP contribution >= 0.6 is 0 Å². The molecule has 0 unspecified atom stereocenters. The first-order valence-corrected chi connectivity index (χ1v) is 9.32. The van der Waals surface area contributed by atoms with Crippen LogP contribution in [0.25, 0.3) is 10.4 Å². The Balaban J connectivity index is 1.71. The van der Waals surface area contributed by atoms with Crippen LogP contribution in [0.2, 0.25) is 0 Å². The first kappa shape index (κ1) is 18.3. The minimum absolute atomic E-state index is 0.0431. The summed E-state index contributed by atoms with van der Waals surface area (Å²) in [6, 6.07) is 9.01. The fraction of sp³-hybridized carbons (Fsp3) is 0.579. The van der Waals surface area contributed by atoms with E-state index < -0.39 is 5.54 Å². The summed E-state index contributed by atoms with van der Waals surface area (Å²) in [4.78, 5) is 30.5. The van der Waals surface area contributed by atoms with Crippen LogP contribution in [-0.2, 0) is 4.79 Å². The van der Waals surface area contributed by atoms with Crippen molar-refractivity contribution in [3.05, 3.63) is 46.3 Å². The molecule has 7 nitrogen and oxygen atoms in total. The molecule has 26 heavy (non-hydrogen) atoms. The third kappa shape index (κ3) is 3.99. The molecule has 1 aliphatic heterocycles. The third-order valence-electron chi connectivity index (χ3n) is 5.42. The van der Waals surface area contributed by atoms with Crippen LogP contribution in [0.3, 0.4) is 0 Å². The van der Waals surface area contributed by atoms with Crippen molar-refractivity contribution < 1.29 is 9.59 Å². The monoisotopic (exact) mass is 355 g/mol. The number of piperidine rings is 1. The SMILES string of the molecule is [N-]=[N+]=NCCC1CC(NC(=O)c2ccccc2)(C(=O)N2CCCCC2)C1. The fourth-order valence-electron chi connectivity index (χ4n) is 4.02. The second kappa shape index (κ2) is 8.23. The van der Waals surface area contributed by atoms with E-state index in [1.54, 1.807) is 12.1 Å². The van der Waals surface area contributed by atoms with Gasteiger partial charge in [0.15, 0.2) is 0 Å². The highest BCUT2D eigenvalue weighted by atomic mass is 16.2. The Morgan fingerprint density at radius 3 is 2.54 bits per heavy atom. The zero-order chi connectivity index (χ0) is 18.4. The normalized spacial score (nSPS) is 24.9. The molecule has 0 bridgehead atoms. The van der Waals surface area contributed by atoms with Crippen LogP contribution in [0.4, 0.5) is 0 Å². The molecular formula is C19H25N5O2. The van der Waals surface area contributed by atoms with Crippen molar-refractivity contribution in [3.63, 3.8) is 0 Å². The maximum absolute atomic E-state index is 13.2. The largest absolute Gasteiger partial charge is 0.341 e. The van der Waals surface area contributed by atoms with E-state index >= 15 is 0 Å². The average Bonchev–Trinajstić information content (AvgIpc) is 2.66. The highest BCUT2D eigenvalue weighted by Crippen LogP contribution is 2.42. The Labute approximate surface area is 153 Å². The number of carbonyl (C=O) groups excluding carboxylic acids is 2. The minimum atomic E-state index is -0.814. The van der Waals surface area contributed by atoms with Gasteiger partial charge >= 0.3 is 0 Å². The lowest BCUT2D eigenvalue weighted by molar-refractivity contribution is -0.145. The van der Waals surface area contributed by atoms with Gasteiger partial charge in [-0.15, -0.1) is 0 Å². The number of nitrogens with one attached hydrogen (secondary N) is 1. The van der Waals surface area contributed by atoms with Gasteiger partial charge in [-0.05, 0) is 62.1 Å². The number of benzene rings is 1. The van der Waals surface area contributed by atoms with Crippen molar-refractivity contribution in [1.29, 1.82) is 0 Å². The summed E-state index contributed by atoms with van der Waals surface area (Å²) >= 11 is 0. The van der Waals surface area contributed by atoms with Crippen LogP contribution in [0.5, 0.6) is 0 Å². The molecule has 2 fully saturated rings. The Morgan fingerprint density at radius 2 is 1.88 bits per heavy atom. The van der Waals surface area contributed by atoms with Gasteiger partial charge in [-0.1, -0.05) is 23.3 Å². The molecule has 7 heteroatoms. The van der Waals surface area contributed by atoms with E-state index in [0.717, 1.165) is 38.8 Å². The smallest absolute Gasteiger partial charge is 0.252 e. The van der Waals surface area contributed by atoms with E-state index in [1.807, 2.05) is 23.1 Å². The lowest BCUT2D eigenvalue weighted by atomic mass is 9.65. The molecule has 1 aliphatic carbocycles. The minimum Gasteiger partial charge on any atom is -0.341 e. The van der Waals surface area contributed by atoms with Crippen molar-refractivity contribution in [2.45, 2.75) is 44.1 Å². The fourth-order valence-corrected chi connectivity index (χ4v) is 4.02. The predicted molar refractivity (Wildman–Crippen MR) is 98.4 cm³/mol. The van der Waals surface area contributed by atoms with Gasteiger partial charge in [-0.2, -0.15) is 0 Å². The number of rotatable bonds is 6. The van der Waals surface area contributed by atoms with Gasteiger partial charge < -0.3 is 10.2 Å². The summed E-state index contributed by atoms with van der Waals surface area (Å²) < 4.78 is 0. The first-order chi connectivity index (χ1) is 12.6. The molecule has 1 heterocycles. The highest BCUT2D eigenvalue weighted by molar-refractivity contribution is 5.99. The van der Waals surface area contributed by atoms with Gasteiger partial charge in [-0.3, -0.25) is 9.59 Å². The summed E-state index contributed by atoms with van der Waals surface area (Å²) in [6.45, 7) is 1.97. The summed E-state index contributed by atoms with van der Waals surface area (Å²) in [5.74, 6) is 0.135. The Morgan fingerprint density at radius 1 is 1.19 bits per heavy atom. The molecule has 1 aromatic carbocycles. The standard InChI is InChI=1S/C19H25N5O2/c20-23-21-10-9-15-13-19(14-15,18(26)24-11-5-2-6-12-24)22-17(25)16-7-3-1-4-8-16/h1,3-4,7-8,15H,2,5-6,9-14H2,(H,22,25). The van der Waals surface area contributed by atoms with Gasteiger partial charge in [0.05, 0.1) is 0 Å². The van der Waals surface area contributed by atoms with Crippen molar-refractivity contribution in [1.82, 2.24) is 10.2 Å². The molecule has 3 rings (SSSR count). The Bertz CT molecular complexity index is 687. The van der Waals surface area contributed by atoms with E-state index in [1.165, 1.54) is 0 Å². The quantitative estimate of drug-likeness (QED) is 0.481. The molecule has 0 radical (unpaired) electrons. The Hall–Kier alpha value is -2.53. The number of amides is 2. The molecule has 1 saturated heterocycles. The lowest BCUT2D eigenvalue weighted by Crippen LogP contribution is -2.66. The number of carbonyl (C=O) groups is 2. The topological polar surface area (TPSA) is 98.2 Å². The second-order valence-corrected chi connectivity index (χ2v) is 7.27. The second-order valence-electron chi connectivity index (χ2n) is 7.27. The molecule has 138 valence electrons. The predicted octanol–water partition coefficient (Wildman–Crippen LogP) is 3.28. The van der Waals surface area contributed by atoms with Crippen molar-refractivity contribution in [3.8, 4) is 0 Å². The van der Waals surface area contributed by atoms with Crippen molar-refractivity contribution >= 4 is 11.8 Å². The first-order valence-electron chi connectivity index (χ1n) is 9.32. The summed E-state index contributed by atoms with van der Waals surface area (Å²) in [5, 5.41) is 6.61. The van der Waals surface area contributed by atoms with Crippen molar-refractivity contribution in [2.24, 2.45) is 11.0 Å². The van der Waals surface area contributed by atoms with Crippen LogP contribution in [-0.4, -0.2) is 41.9 Å². The molecule has 2 aliphatic rings. The molecule has 2 amide bonds. The van der Waals surface area contributed by atoms with Gasteiger partial charge in [0.25, 0.3) is 5.91 Å². The molecule has 1 saturated carbocycles. The van der Waals surface area contributed by atoms with Crippen LogP contribution in [0.15, 0.2) is 35.4 Å². The van der Waals surface area contributed by atoms with Gasteiger partial charge in [0.1, 0.15) is 5.54 Å². The molecule has 1 N–H and O–H groups in total. The molecule has 0 atom stereocenters. The summed E-state index contributed by atoms with van der Waals surface area (Å²) in [5.41, 5.74) is 8.17. The van der Waals surface area contributed by atoms with E-state index in [2.05, 4.69) is 15.3 Å². The number of hydrogen-bond donors (Lipinski definition) is 1. The number of hydrogen-bond acceptors (Lipinski definition) is 3. The summed E-state index contributed by atoms with van der Waals surface area (Å²) in [7, 11) is 0. The maximum Gasteiger partial charge on any atom is 0.252 e. The number of likely N-dealkylation sites (tertiary alicyclic amines) is 1. The third-order valence-corrected chi connectivity index (χ3v) is 5.42. The van der Waals surface area contributed by atoms with Crippen LogP contribution < -0.4 is 5.32 Å². The zero-order valence-corrected chi connectivity index (χ0v) is 14.9. The number of nitrogens with zero attached hydrogens (tertiary/aromatic N) is 4. The van der Waals surface area contributed by atoms with Crippen LogP contribution in [0.1, 0.15) is 48.9 Å². The van der Waals surface area contributed by atoms with E-state index in [4.69, 9.17) is 5.53 Å². The summed E-state index contributed by atoms with van der Waals surface area (Å²) in [6.07, 6.45) is 5.18. The molecule has 1 aromatic rings. The lowest BCUT2D eigenvalue weighted by Gasteiger charge is -2.49. The van der Waals surface area contributed by atoms with E-state index in [0.29, 0.717) is 30.9 Å². The van der Waals surface area contributed by atoms with Crippen molar-refractivity contribution in [2.75, 3.05) is 19.6 Å². The van der Waals surface area contributed by atoms with E-state index in [9.17, 15) is 9.59 Å². The molecular weight excluding hydrogens is 330 g/mol. The van der Waals surface area contributed by atoms with Gasteiger partial charge in [0.2, 0.25) is 5.91 Å². The molecule has 0 spiro atoms. The highest BCUT2D eigenvalue weighted by Gasteiger charge is 2.52. The van der Waals surface area contributed by atoms with Crippen LogP contribution in [0, 0.1) is 5.92 Å². The van der Waals surface area contributed by atoms with Gasteiger partial charge in [-0.25, -0.2) is 0 Å². The van der Waals surface area contributed by atoms with Gasteiger partial charge in [0, 0.05) is 30.1 Å². The van der Waals surface area contributed by atoms with E-state index in [-0.39, 0.29) is 11.8 Å².